The largest absolute Gasteiger partial charge is 0.386 e. The van der Waals surface area contributed by atoms with Crippen LogP contribution in [0.2, 0.25) is 0 Å². The smallest absolute Gasteiger partial charge is 0.106 e. The normalized spacial score (nSPS) is 19.5. The lowest BCUT2D eigenvalue weighted by Crippen LogP contribution is -2.33. The van der Waals surface area contributed by atoms with Gasteiger partial charge in [-0.3, -0.25) is 0 Å². The molecule has 0 saturated carbocycles. The predicted octanol–water partition coefficient (Wildman–Crippen LogP) is 1.52. The lowest BCUT2D eigenvalue weighted by atomic mass is 9.98. The number of aliphatic hydroxyl groups excluding tert-OH is 1. The van der Waals surface area contributed by atoms with Crippen LogP contribution >= 0.6 is 15.9 Å². The van der Waals surface area contributed by atoms with E-state index in [1.165, 1.54) is 0 Å². The SMILES string of the molecule is OC(c1cccc(Br)n1)C1COC1. The van der Waals surface area contributed by atoms with Crippen molar-refractivity contribution in [2.45, 2.75) is 6.10 Å². The Morgan fingerprint density at radius 1 is 1.54 bits per heavy atom. The highest BCUT2D eigenvalue weighted by Gasteiger charge is 2.28. The molecule has 1 aliphatic rings. The van der Waals surface area contributed by atoms with Gasteiger partial charge in [0.25, 0.3) is 0 Å². The zero-order valence-corrected chi connectivity index (χ0v) is 8.57. The lowest BCUT2D eigenvalue weighted by molar-refractivity contribution is -0.0936. The fourth-order valence-corrected chi connectivity index (χ4v) is 1.62. The molecule has 0 aromatic carbocycles. The third-order valence-electron chi connectivity index (χ3n) is 2.15. The van der Waals surface area contributed by atoms with Gasteiger partial charge in [-0.2, -0.15) is 0 Å². The van der Waals surface area contributed by atoms with Crippen LogP contribution < -0.4 is 0 Å². The minimum Gasteiger partial charge on any atom is -0.386 e. The predicted molar refractivity (Wildman–Crippen MR) is 51.2 cm³/mol. The van der Waals surface area contributed by atoms with Crippen LogP contribution in [0.1, 0.15) is 11.8 Å². The quantitative estimate of drug-likeness (QED) is 0.802. The zero-order valence-electron chi connectivity index (χ0n) is 6.98. The average molecular weight is 244 g/mol. The van der Waals surface area contributed by atoms with Crippen molar-refractivity contribution in [2.75, 3.05) is 13.2 Å². The molecule has 1 aliphatic heterocycles. The van der Waals surface area contributed by atoms with Crippen LogP contribution in [0.5, 0.6) is 0 Å². The van der Waals surface area contributed by atoms with Crippen molar-refractivity contribution in [1.29, 1.82) is 0 Å². The van der Waals surface area contributed by atoms with Gasteiger partial charge in [0.1, 0.15) is 10.7 Å². The van der Waals surface area contributed by atoms with E-state index in [2.05, 4.69) is 20.9 Å². The summed E-state index contributed by atoms with van der Waals surface area (Å²) in [4.78, 5) is 4.19. The van der Waals surface area contributed by atoms with Gasteiger partial charge in [0.15, 0.2) is 0 Å². The van der Waals surface area contributed by atoms with Crippen molar-refractivity contribution in [1.82, 2.24) is 4.98 Å². The summed E-state index contributed by atoms with van der Waals surface area (Å²) in [5.74, 6) is 0.210. The third-order valence-corrected chi connectivity index (χ3v) is 2.59. The molecule has 2 heterocycles. The maximum Gasteiger partial charge on any atom is 0.106 e. The highest BCUT2D eigenvalue weighted by Crippen LogP contribution is 2.26. The number of halogens is 1. The Kier molecular flexibility index (Phi) is 2.62. The molecular weight excluding hydrogens is 234 g/mol. The monoisotopic (exact) mass is 243 g/mol. The van der Waals surface area contributed by atoms with E-state index in [-0.39, 0.29) is 5.92 Å². The van der Waals surface area contributed by atoms with E-state index in [0.717, 1.165) is 4.60 Å². The molecule has 1 N–H and O–H groups in total. The van der Waals surface area contributed by atoms with Gasteiger partial charge in [0.05, 0.1) is 18.9 Å². The minimum absolute atomic E-state index is 0.210. The molecule has 1 aromatic rings. The van der Waals surface area contributed by atoms with Gasteiger partial charge >= 0.3 is 0 Å². The molecule has 0 bridgehead atoms. The Morgan fingerprint density at radius 3 is 2.85 bits per heavy atom. The van der Waals surface area contributed by atoms with E-state index in [4.69, 9.17) is 4.74 Å². The van der Waals surface area contributed by atoms with E-state index < -0.39 is 6.10 Å². The van der Waals surface area contributed by atoms with Crippen LogP contribution in [0.4, 0.5) is 0 Å². The van der Waals surface area contributed by atoms with E-state index in [1.54, 1.807) is 0 Å². The summed E-state index contributed by atoms with van der Waals surface area (Å²) in [6, 6.07) is 5.54. The second-order valence-corrected chi connectivity index (χ2v) is 3.94. The van der Waals surface area contributed by atoms with Crippen molar-refractivity contribution in [3.05, 3.63) is 28.5 Å². The number of aromatic nitrogens is 1. The van der Waals surface area contributed by atoms with Crippen LogP contribution in [0.3, 0.4) is 0 Å². The molecule has 0 radical (unpaired) electrons. The van der Waals surface area contributed by atoms with Crippen LogP contribution in [0.25, 0.3) is 0 Å². The molecule has 1 fully saturated rings. The fraction of sp³-hybridized carbons (Fsp3) is 0.444. The van der Waals surface area contributed by atoms with Crippen molar-refractivity contribution >= 4 is 15.9 Å². The standard InChI is InChI=1S/C9H10BrNO2/c10-8-3-1-2-7(11-8)9(12)6-4-13-5-6/h1-3,6,9,12H,4-5H2. The van der Waals surface area contributed by atoms with Gasteiger partial charge in [-0.1, -0.05) is 6.07 Å². The maximum atomic E-state index is 9.80. The highest BCUT2D eigenvalue weighted by atomic mass is 79.9. The van der Waals surface area contributed by atoms with E-state index in [0.29, 0.717) is 18.9 Å². The van der Waals surface area contributed by atoms with Crippen LogP contribution in [0, 0.1) is 5.92 Å². The summed E-state index contributed by atoms with van der Waals surface area (Å²) in [5, 5.41) is 9.80. The maximum absolute atomic E-state index is 9.80. The van der Waals surface area contributed by atoms with E-state index >= 15 is 0 Å². The second-order valence-electron chi connectivity index (χ2n) is 3.13. The Labute approximate surface area is 84.9 Å². The first kappa shape index (κ1) is 9.12. The average Bonchev–Trinajstić information content (AvgIpc) is 2.01. The first-order chi connectivity index (χ1) is 6.27. The van der Waals surface area contributed by atoms with Gasteiger partial charge in [0.2, 0.25) is 0 Å². The van der Waals surface area contributed by atoms with Crippen molar-refractivity contribution in [3.8, 4) is 0 Å². The molecule has 1 saturated heterocycles. The molecule has 2 rings (SSSR count). The summed E-state index contributed by atoms with van der Waals surface area (Å²) >= 11 is 3.27. The number of hydrogen-bond acceptors (Lipinski definition) is 3. The molecule has 0 amide bonds. The minimum atomic E-state index is -0.494. The molecule has 1 atom stereocenters. The number of aliphatic hydroxyl groups is 1. The Morgan fingerprint density at radius 2 is 2.31 bits per heavy atom. The molecule has 0 spiro atoms. The molecule has 70 valence electrons. The lowest BCUT2D eigenvalue weighted by Gasteiger charge is -2.30. The number of rotatable bonds is 2. The first-order valence-electron chi connectivity index (χ1n) is 4.15. The van der Waals surface area contributed by atoms with Gasteiger partial charge in [-0.15, -0.1) is 0 Å². The summed E-state index contributed by atoms with van der Waals surface area (Å²) in [5.41, 5.74) is 0.711. The van der Waals surface area contributed by atoms with Crippen LogP contribution in [-0.4, -0.2) is 23.3 Å². The highest BCUT2D eigenvalue weighted by molar-refractivity contribution is 9.10. The summed E-state index contributed by atoms with van der Waals surface area (Å²) < 4.78 is 5.76. The summed E-state index contributed by atoms with van der Waals surface area (Å²) in [7, 11) is 0. The number of ether oxygens (including phenoxy) is 1. The molecule has 1 aromatic heterocycles. The Bertz CT molecular complexity index is 301. The molecule has 1 unspecified atom stereocenters. The van der Waals surface area contributed by atoms with E-state index in [9.17, 15) is 5.11 Å². The number of pyridine rings is 1. The third kappa shape index (κ3) is 1.90. The topological polar surface area (TPSA) is 42.4 Å². The second kappa shape index (κ2) is 3.74. The van der Waals surface area contributed by atoms with Gasteiger partial charge in [-0.05, 0) is 28.1 Å². The van der Waals surface area contributed by atoms with Crippen LogP contribution in [0.15, 0.2) is 22.8 Å². The van der Waals surface area contributed by atoms with E-state index in [1.807, 2.05) is 18.2 Å². The van der Waals surface area contributed by atoms with Gasteiger partial charge < -0.3 is 9.84 Å². The summed E-state index contributed by atoms with van der Waals surface area (Å²) in [6.07, 6.45) is -0.494. The van der Waals surface area contributed by atoms with Crippen LogP contribution in [-0.2, 0) is 4.74 Å². The molecule has 4 heteroatoms. The molecule has 0 aliphatic carbocycles. The fourth-order valence-electron chi connectivity index (χ4n) is 1.27. The number of hydrogen-bond donors (Lipinski definition) is 1. The van der Waals surface area contributed by atoms with Crippen molar-refractivity contribution < 1.29 is 9.84 Å². The zero-order chi connectivity index (χ0) is 9.26. The molecule has 13 heavy (non-hydrogen) atoms. The first-order valence-corrected chi connectivity index (χ1v) is 4.95. The van der Waals surface area contributed by atoms with Crippen molar-refractivity contribution in [2.24, 2.45) is 5.92 Å². The Balaban J connectivity index is 2.14. The Hall–Kier alpha value is -0.450. The van der Waals surface area contributed by atoms with Crippen molar-refractivity contribution in [3.63, 3.8) is 0 Å². The molecule has 3 nitrogen and oxygen atoms in total. The van der Waals surface area contributed by atoms with Gasteiger partial charge in [-0.25, -0.2) is 4.98 Å². The number of nitrogens with zero attached hydrogens (tertiary/aromatic N) is 1. The van der Waals surface area contributed by atoms with Gasteiger partial charge in [0, 0.05) is 5.92 Å². The summed E-state index contributed by atoms with van der Waals surface area (Å²) in [6.45, 7) is 1.27. The molecular formula is C9H10BrNO2.